The summed E-state index contributed by atoms with van der Waals surface area (Å²) in [6.45, 7) is 2.22. The summed E-state index contributed by atoms with van der Waals surface area (Å²) >= 11 is 0. The lowest BCUT2D eigenvalue weighted by molar-refractivity contribution is -0.160. The third-order valence-electron chi connectivity index (χ3n) is 7.72. The van der Waals surface area contributed by atoms with Crippen LogP contribution in [0.25, 0.3) is 11.8 Å². The predicted octanol–water partition coefficient (Wildman–Crippen LogP) is 4.28. The molecule has 1 heterocycles. The number of nitrogens with zero attached hydrogens (tertiary/aromatic N) is 2. The molecule has 3 aliphatic carbocycles. The maximum absolute atomic E-state index is 13.4. The van der Waals surface area contributed by atoms with Crippen LogP contribution in [0.15, 0.2) is 47.7 Å². The lowest BCUT2D eigenvalue weighted by Gasteiger charge is -2.49. The highest BCUT2D eigenvalue weighted by Gasteiger charge is 2.52. The minimum absolute atomic E-state index is 0.0638. The van der Waals surface area contributed by atoms with Gasteiger partial charge in [0, 0.05) is 5.41 Å². The van der Waals surface area contributed by atoms with Gasteiger partial charge in [-0.25, -0.2) is 9.07 Å². The molecule has 33 heavy (non-hydrogen) atoms. The smallest absolute Gasteiger partial charge is 0.310 e. The van der Waals surface area contributed by atoms with E-state index in [1.165, 1.54) is 37.5 Å². The monoisotopic (exact) mass is 450 g/mol. The Morgan fingerprint density at radius 2 is 1.88 bits per heavy atom. The number of aromatic nitrogens is 2. The molecule has 6 nitrogen and oxygen atoms in total. The Labute approximate surface area is 192 Å². The maximum Gasteiger partial charge on any atom is 0.310 e. The van der Waals surface area contributed by atoms with Crippen LogP contribution >= 0.6 is 0 Å². The van der Waals surface area contributed by atoms with Crippen LogP contribution in [-0.2, 0) is 25.5 Å². The van der Waals surface area contributed by atoms with Crippen LogP contribution in [0.4, 0.5) is 4.39 Å². The van der Waals surface area contributed by atoms with E-state index in [1.807, 2.05) is 10.9 Å². The molecule has 7 heteroatoms. The van der Waals surface area contributed by atoms with Gasteiger partial charge in [-0.3, -0.25) is 9.59 Å². The highest BCUT2D eigenvalue weighted by Crippen LogP contribution is 2.57. The van der Waals surface area contributed by atoms with Gasteiger partial charge >= 0.3 is 11.9 Å². The molecule has 4 atom stereocenters. The summed E-state index contributed by atoms with van der Waals surface area (Å²) in [5, 5.41) is 4.59. The zero-order valence-corrected chi connectivity index (χ0v) is 19.0. The molecular formula is C26H27FN2O4. The largest absolute Gasteiger partial charge is 0.469 e. The van der Waals surface area contributed by atoms with Gasteiger partial charge in [0.25, 0.3) is 0 Å². The van der Waals surface area contributed by atoms with Crippen LogP contribution in [0.3, 0.4) is 0 Å². The van der Waals surface area contributed by atoms with Crippen LogP contribution in [0, 0.1) is 29.0 Å². The predicted molar refractivity (Wildman–Crippen MR) is 120 cm³/mol. The van der Waals surface area contributed by atoms with Gasteiger partial charge < -0.3 is 9.47 Å². The number of halogens is 1. The fourth-order valence-corrected chi connectivity index (χ4v) is 6.09. The van der Waals surface area contributed by atoms with Gasteiger partial charge in [-0.05, 0) is 67.5 Å². The Bertz CT molecular complexity index is 1180. The van der Waals surface area contributed by atoms with Gasteiger partial charge in [0.1, 0.15) is 5.82 Å². The molecule has 0 aliphatic heterocycles. The van der Waals surface area contributed by atoms with Crippen molar-refractivity contribution in [1.82, 2.24) is 9.78 Å². The van der Waals surface area contributed by atoms with E-state index in [4.69, 9.17) is 9.47 Å². The van der Waals surface area contributed by atoms with Crippen molar-refractivity contribution in [3.05, 3.63) is 64.8 Å². The van der Waals surface area contributed by atoms with Crippen molar-refractivity contribution >= 4 is 18.0 Å². The van der Waals surface area contributed by atoms with Crippen LogP contribution in [0.1, 0.15) is 37.4 Å². The Balaban J connectivity index is 1.54. The van der Waals surface area contributed by atoms with Crippen molar-refractivity contribution in [2.75, 3.05) is 14.2 Å². The zero-order chi connectivity index (χ0) is 23.3. The van der Waals surface area contributed by atoms with E-state index >= 15 is 0 Å². The molecule has 1 fully saturated rings. The molecule has 3 aliphatic rings. The van der Waals surface area contributed by atoms with Gasteiger partial charge in [-0.15, -0.1) is 0 Å². The van der Waals surface area contributed by atoms with Gasteiger partial charge in [-0.1, -0.05) is 24.1 Å². The molecule has 1 aromatic heterocycles. The first kappa shape index (κ1) is 21.6. The molecule has 1 aromatic carbocycles. The van der Waals surface area contributed by atoms with Crippen molar-refractivity contribution in [2.45, 2.75) is 32.6 Å². The number of carbonyl (C=O) groups is 2. The van der Waals surface area contributed by atoms with Crippen molar-refractivity contribution in [1.29, 1.82) is 0 Å². The number of methoxy groups -OCH3 is 2. The summed E-state index contributed by atoms with van der Waals surface area (Å²) in [6, 6.07) is 6.32. The van der Waals surface area contributed by atoms with Gasteiger partial charge in [0.05, 0.1) is 43.6 Å². The molecule has 0 N–H and O–H groups in total. The van der Waals surface area contributed by atoms with Crippen LogP contribution in [-0.4, -0.2) is 35.9 Å². The quantitative estimate of drug-likeness (QED) is 0.516. The SMILES string of the molecule is COC(=O)[C@H]1CC=C2C(CCC3=Cc4c(cnn4-c4ccc(F)cc4)C[C@@]32C)[C@@H]1C(=O)OC. The van der Waals surface area contributed by atoms with Crippen molar-refractivity contribution in [3.8, 4) is 5.69 Å². The Morgan fingerprint density at radius 3 is 2.58 bits per heavy atom. The van der Waals surface area contributed by atoms with E-state index in [0.717, 1.165) is 36.2 Å². The first-order valence-electron chi connectivity index (χ1n) is 11.3. The third kappa shape index (κ3) is 3.33. The highest BCUT2D eigenvalue weighted by molar-refractivity contribution is 5.83. The highest BCUT2D eigenvalue weighted by atomic mass is 19.1. The van der Waals surface area contributed by atoms with Crippen molar-refractivity contribution in [3.63, 3.8) is 0 Å². The fraction of sp³-hybridized carbons (Fsp3) is 0.423. The Hall–Kier alpha value is -3.22. The van der Waals surface area contributed by atoms with E-state index in [2.05, 4.69) is 24.2 Å². The van der Waals surface area contributed by atoms with E-state index < -0.39 is 11.8 Å². The first-order valence-corrected chi connectivity index (χ1v) is 11.3. The number of carbonyl (C=O) groups excluding carboxylic acids is 2. The number of allylic oxidation sites excluding steroid dienone is 3. The standard InChI is InChI=1S/C26H27FN2O4/c1-26-13-15-14-28-29(18-7-5-17(27)6-8-18)22(15)12-16(26)4-9-19-21(26)11-10-20(24(30)32-2)23(19)25(31)33-3/h5-8,11-12,14,19-20,23H,4,9-10,13H2,1-3H3/t19?,20-,23-,26-/m0/s1. The molecule has 2 aromatic rings. The normalized spacial score (nSPS) is 27.9. The molecule has 0 bridgehead atoms. The molecule has 0 radical (unpaired) electrons. The Morgan fingerprint density at radius 1 is 1.15 bits per heavy atom. The van der Waals surface area contributed by atoms with E-state index in [1.54, 1.807) is 12.1 Å². The summed E-state index contributed by atoms with van der Waals surface area (Å²) in [4.78, 5) is 25.2. The number of fused-ring (bicyclic) bond motifs is 4. The summed E-state index contributed by atoms with van der Waals surface area (Å²) in [5.41, 5.74) is 5.19. The second kappa shape index (κ2) is 7.97. The number of benzene rings is 1. The number of hydrogen-bond donors (Lipinski definition) is 0. The molecule has 0 saturated heterocycles. The lowest BCUT2D eigenvalue weighted by Crippen LogP contribution is -2.46. The topological polar surface area (TPSA) is 70.4 Å². The summed E-state index contributed by atoms with van der Waals surface area (Å²) in [5.74, 6) is -2.11. The van der Waals surface area contributed by atoms with Crippen molar-refractivity contribution < 1.29 is 23.5 Å². The van der Waals surface area contributed by atoms with E-state index in [0.29, 0.717) is 6.42 Å². The second-order valence-corrected chi connectivity index (χ2v) is 9.34. The molecule has 1 unspecified atom stereocenters. The van der Waals surface area contributed by atoms with Crippen LogP contribution < -0.4 is 0 Å². The van der Waals surface area contributed by atoms with Gasteiger partial charge in [0.2, 0.25) is 0 Å². The number of rotatable bonds is 3. The summed E-state index contributed by atoms with van der Waals surface area (Å²) < 4.78 is 25.4. The molecule has 0 amide bonds. The number of esters is 2. The van der Waals surface area contributed by atoms with E-state index in [9.17, 15) is 14.0 Å². The molecular weight excluding hydrogens is 423 g/mol. The zero-order valence-electron chi connectivity index (χ0n) is 19.0. The average molecular weight is 451 g/mol. The minimum atomic E-state index is -0.538. The van der Waals surface area contributed by atoms with Gasteiger partial charge in [-0.2, -0.15) is 5.10 Å². The molecule has 1 saturated carbocycles. The van der Waals surface area contributed by atoms with Crippen molar-refractivity contribution in [2.24, 2.45) is 23.2 Å². The number of hydrogen-bond acceptors (Lipinski definition) is 5. The lowest BCUT2D eigenvalue weighted by atomic mass is 9.54. The van der Waals surface area contributed by atoms with Gasteiger partial charge in [0.15, 0.2) is 0 Å². The molecule has 5 rings (SSSR count). The number of ether oxygens (including phenoxy) is 2. The molecule has 172 valence electrons. The Kier molecular flexibility index (Phi) is 5.22. The summed E-state index contributed by atoms with van der Waals surface area (Å²) in [6.07, 6.45) is 9.02. The van der Waals surface area contributed by atoms with Crippen LogP contribution in [0.5, 0.6) is 0 Å². The summed E-state index contributed by atoms with van der Waals surface area (Å²) in [7, 11) is 2.74. The molecule has 0 spiro atoms. The third-order valence-corrected chi connectivity index (χ3v) is 7.72. The first-order chi connectivity index (χ1) is 15.9. The maximum atomic E-state index is 13.4. The average Bonchev–Trinajstić information content (AvgIpc) is 3.23. The minimum Gasteiger partial charge on any atom is -0.469 e. The van der Waals surface area contributed by atoms with Crippen LogP contribution in [0.2, 0.25) is 0 Å². The van der Waals surface area contributed by atoms with E-state index in [-0.39, 0.29) is 29.1 Å². The fourth-order valence-electron chi connectivity index (χ4n) is 6.09. The second-order valence-electron chi connectivity index (χ2n) is 9.34.